The van der Waals surface area contributed by atoms with Crippen molar-refractivity contribution in [2.75, 3.05) is 6.61 Å². The normalized spacial score (nSPS) is 20.3. The van der Waals surface area contributed by atoms with Crippen LogP contribution >= 0.6 is 0 Å². The minimum Gasteiger partial charge on any atom is -0.373 e. The molecule has 26 heavy (non-hydrogen) atoms. The van der Waals surface area contributed by atoms with Crippen molar-refractivity contribution in [3.8, 4) is 11.1 Å². The Bertz CT molecular complexity index is 701. The van der Waals surface area contributed by atoms with Crippen molar-refractivity contribution in [1.29, 1.82) is 0 Å². The van der Waals surface area contributed by atoms with Crippen LogP contribution in [0.4, 0.5) is 0 Å². The lowest BCUT2D eigenvalue weighted by atomic mass is 9.78. The molecule has 1 aliphatic rings. The van der Waals surface area contributed by atoms with E-state index in [0.717, 1.165) is 11.8 Å². The molecular weight excluding hydrogens is 316 g/mol. The summed E-state index contributed by atoms with van der Waals surface area (Å²) in [5.41, 5.74) is 5.25. The summed E-state index contributed by atoms with van der Waals surface area (Å²) in [5.74, 6) is 1.53. The van der Waals surface area contributed by atoms with E-state index in [-0.39, 0.29) is 0 Å². The summed E-state index contributed by atoms with van der Waals surface area (Å²) in [5, 5.41) is 0. The van der Waals surface area contributed by atoms with E-state index in [1.807, 2.05) is 0 Å². The van der Waals surface area contributed by atoms with Crippen LogP contribution in [0.25, 0.3) is 11.1 Å². The molecular formula is C25H30O. The number of allylic oxidation sites excluding steroid dienone is 2. The topological polar surface area (TPSA) is 9.23 Å². The summed E-state index contributed by atoms with van der Waals surface area (Å²) >= 11 is 0. The van der Waals surface area contributed by atoms with Crippen LogP contribution in [0.3, 0.4) is 0 Å². The first kappa shape index (κ1) is 18.7. The second kappa shape index (κ2) is 9.54. The Morgan fingerprint density at radius 1 is 0.923 bits per heavy atom. The summed E-state index contributed by atoms with van der Waals surface area (Å²) in [6, 6.07) is 17.9. The molecule has 0 radical (unpaired) electrons. The third-order valence-corrected chi connectivity index (χ3v) is 5.41. The van der Waals surface area contributed by atoms with E-state index in [4.69, 9.17) is 4.74 Å². The third kappa shape index (κ3) is 4.95. The lowest BCUT2D eigenvalue weighted by Crippen LogP contribution is -2.11. The van der Waals surface area contributed by atoms with Crippen LogP contribution in [0.15, 0.2) is 73.3 Å². The number of ether oxygens (including phenoxy) is 1. The van der Waals surface area contributed by atoms with Gasteiger partial charge in [-0.25, -0.2) is 0 Å². The van der Waals surface area contributed by atoms with Crippen LogP contribution in [0.2, 0.25) is 0 Å². The third-order valence-electron chi connectivity index (χ3n) is 5.41. The zero-order chi connectivity index (χ0) is 18.2. The van der Waals surface area contributed by atoms with Crippen LogP contribution in [0, 0.1) is 5.92 Å². The molecule has 136 valence electrons. The van der Waals surface area contributed by atoms with Gasteiger partial charge in [-0.05, 0) is 66.7 Å². The van der Waals surface area contributed by atoms with E-state index in [1.54, 1.807) is 6.08 Å². The van der Waals surface area contributed by atoms with E-state index >= 15 is 0 Å². The molecule has 1 aliphatic carbocycles. The fraction of sp³-hybridized carbons (Fsp3) is 0.360. The Labute approximate surface area is 158 Å². The largest absolute Gasteiger partial charge is 0.373 e. The van der Waals surface area contributed by atoms with E-state index in [2.05, 4.69) is 74.2 Å². The number of rotatable bonds is 7. The monoisotopic (exact) mass is 346 g/mol. The van der Waals surface area contributed by atoms with E-state index in [0.29, 0.717) is 13.2 Å². The summed E-state index contributed by atoms with van der Waals surface area (Å²) in [6.07, 6.45) is 11.6. The van der Waals surface area contributed by atoms with Crippen LogP contribution < -0.4 is 0 Å². The Kier molecular flexibility index (Phi) is 6.85. The Balaban J connectivity index is 1.60. The van der Waals surface area contributed by atoms with Crippen LogP contribution in [-0.4, -0.2) is 6.61 Å². The van der Waals surface area contributed by atoms with Gasteiger partial charge >= 0.3 is 0 Å². The molecule has 0 spiro atoms. The maximum absolute atomic E-state index is 5.50. The molecule has 0 bridgehead atoms. The van der Waals surface area contributed by atoms with Gasteiger partial charge in [0.15, 0.2) is 0 Å². The highest BCUT2D eigenvalue weighted by Gasteiger charge is 2.20. The molecule has 0 heterocycles. The smallest absolute Gasteiger partial charge is 0.0721 e. The highest BCUT2D eigenvalue weighted by Crippen LogP contribution is 2.36. The quantitative estimate of drug-likeness (QED) is 0.391. The maximum atomic E-state index is 5.50. The minimum absolute atomic E-state index is 0.597. The van der Waals surface area contributed by atoms with E-state index < -0.39 is 0 Å². The molecule has 0 saturated heterocycles. The van der Waals surface area contributed by atoms with Gasteiger partial charge in [0.2, 0.25) is 0 Å². The molecule has 1 fully saturated rings. The lowest BCUT2D eigenvalue weighted by molar-refractivity contribution is 0.149. The van der Waals surface area contributed by atoms with Gasteiger partial charge in [0.1, 0.15) is 0 Å². The highest BCUT2D eigenvalue weighted by atomic mass is 16.5. The molecule has 1 saturated carbocycles. The summed E-state index contributed by atoms with van der Waals surface area (Å²) < 4.78 is 5.50. The standard InChI is InChI=1S/C25H30O/c1-3-5-20-6-10-22(11-7-20)24-14-16-25(17-15-24)23-12-8-21(9-13-23)19-26-18-4-2/h3-5,8-9,12-17,20,22H,2,6-7,10-11,18-19H2,1H3/b5-3-/t20-,22-. The Hall–Kier alpha value is -2.12. The molecule has 2 aromatic carbocycles. The first-order valence-corrected chi connectivity index (χ1v) is 9.81. The summed E-state index contributed by atoms with van der Waals surface area (Å²) in [7, 11) is 0. The average Bonchev–Trinajstić information content (AvgIpc) is 2.70. The van der Waals surface area contributed by atoms with Gasteiger partial charge in [-0.2, -0.15) is 0 Å². The number of hydrogen-bond donors (Lipinski definition) is 0. The van der Waals surface area contributed by atoms with E-state index in [1.165, 1.54) is 47.9 Å². The average molecular weight is 347 g/mol. The molecule has 2 aromatic rings. The molecule has 0 unspecified atom stereocenters. The predicted molar refractivity (Wildman–Crippen MR) is 111 cm³/mol. The fourth-order valence-corrected chi connectivity index (χ4v) is 3.92. The second-order valence-corrected chi connectivity index (χ2v) is 7.26. The van der Waals surface area contributed by atoms with Gasteiger partial charge in [0, 0.05) is 0 Å². The van der Waals surface area contributed by atoms with Crippen LogP contribution in [0.1, 0.15) is 49.7 Å². The van der Waals surface area contributed by atoms with Gasteiger partial charge < -0.3 is 4.74 Å². The number of benzene rings is 2. The van der Waals surface area contributed by atoms with Crippen LogP contribution in [0.5, 0.6) is 0 Å². The van der Waals surface area contributed by atoms with Crippen molar-refractivity contribution in [3.63, 3.8) is 0 Å². The molecule has 0 amide bonds. The van der Waals surface area contributed by atoms with Crippen molar-refractivity contribution in [3.05, 3.63) is 84.5 Å². The molecule has 1 heteroatoms. The van der Waals surface area contributed by atoms with Crippen LogP contribution in [-0.2, 0) is 11.3 Å². The van der Waals surface area contributed by atoms with Gasteiger partial charge in [-0.1, -0.05) is 66.8 Å². The summed E-state index contributed by atoms with van der Waals surface area (Å²) in [4.78, 5) is 0. The Morgan fingerprint density at radius 3 is 2.12 bits per heavy atom. The van der Waals surface area contributed by atoms with Crippen molar-refractivity contribution in [2.24, 2.45) is 5.92 Å². The van der Waals surface area contributed by atoms with E-state index in [9.17, 15) is 0 Å². The molecule has 1 nitrogen and oxygen atoms in total. The van der Waals surface area contributed by atoms with Crippen molar-refractivity contribution < 1.29 is 4.74 Å². The lowest BCUT2D eigenvalue weighted by Gasteiger charge is -2.27. The zero-order valence-electron chi connectivity index (χ0n) is 15.9. The minimum atomic E-state index is 0.597. The molecule has 0 atom stereocenters. The van der Waals surface area contributed by atoms with Crippen molar-refractivity contribution >= 4 is 0 Å². The zero-order valence-corrected chi connectivity index (χ0v) is 15.9. The SMILES string of the molecule is C=CCOCc1ccc(-c2ccc([C@H]3CC[C@H](/C=C\C)CC3)cc2)cc1. The Morgan fingerprint density at radius 2 is 1.54 bits per heavy atom. The van der Waals surface area contributed by atoms with Gasteiger partial charge in [0.25, 0.3) is 0 Å². The van der Waals surface area contributed by atoms with Gasteiger partial charge in [0.05, 0.1) is 13.2 Å². The predicted octanol–water partition coefficient (Wildman–Crippen LogP) is 6.91. The molecule has 0 N–H and O–H groups in total. The molecule has 3 rings (SSSR count). The highest BCUT2D eigenvalue weighted by molar-refractivity contribution is 5.64. The van der Waals surface area contributed by atoms with Gasteiger partial charge in [-0.3, -0.25) is 0 Å². The number of hydrogen-bond acceptors (Lipinski definition) is 1. The van der Waals surface area contributed by atoms with Crippen molar-refractivity contribution in [2.45, 2.75) is 45.1 Å². The molecule has 0 aromatic heterocycles. The van der Waals surface area contributed by atoms with Gasteiger partial charge in [-0.15, -0.1) is 6.58 Å². The first-order chi connectivity index (χ1) is 12.8. The molecule has 0 aliphatic heterocycles. The van der Waals surface area contributed by atoms with Crippen molar-refractivity contribution in [1.82, 2.24) is 0 Å². The fourth-order valence-electron chi connectivity index (χ4n) is 3.92. The summed E-state index contributed by atoms with van der Waals surface area (Å²) in [6.45, 7) is 7.04. The first-order valence-electron chi connectivity index (χ1n) is 9.81. The second-order valence-electron chi connectivity index (χ2n) is 7.26. The maximum Gasteiger partial charge on any atom is 0.0721 e.